The normalized spacial score (nSPS) is 20.6. The minimum atomic E-state index is -3.98. The van der Waals surface area contributed by atoms with Crippen molar-refractivity contribution < 1.29 is 22.4 Å². The lowest BCUT2D eigenvalue weighted by Crippen LogP contribution is -2.27. The van der Waals surface area contributed by atoms with Gasteiger partial charge in [-0.3, -0.25) is 4.79 Å². The van der Waals surface area contributed by atoms with Crippen molar-refractivity contribution in [2.45, 2.75) is 91.5 Å². The van der Waals surface area contributed by atoms with E-state index in [0.29, 0.717) is 24.4 Å². The Hall–Kier alpha value is -2.18. The van der Waals surface area contributed by atoms with E-state index in [1.807, 2.05) is 63.1 Å². The Labute approximate surface area is 196 Å². The summed E-state index contributed by atoms with van der Waals surface area (Å²) >= 11 is 0. The molecule has 1 aliphatic heterocycles. The smallest absolute Gasteiger partial charge is 0.353 e. The van der Waals surface area contributed by atoms with Gasteiger partial charge >= 0.3 is 6.18 Å². The predicted molar refractivity (Wildman–Crippen MR) is 127 cm³/mol. The molecule has 0 aromatic heterocycles. The van der Waals surface area contributed by atoms with Crippen molar-refractivity contribution in [2.75, 3.05) is 7.05 Å². The molecule has 0 N–H and O–H groups in total. The fourth-order valence-corrected chi connectivity index (χ4v) is 3.80. The maximum Gasteiger partial charge on any atom is 0.391 e. The van der Waals surface area contributed by atoms with Crippen LogP contribution in [0, 0.1) is 5.92 Å². The zero-order chi connectivity index (χ0) is 25.2. The molecule has 3 nitrogen and oxygen atoms in total. The molecule has 0 radical (unpaired) electrons. The van der Waals surface area contributed by atoms with Crippen molar-refractivity contribution in [1.29, 1.82) is 0 Å². The van der Waals surface area contributed by atoms with Crippen LogP contribution in [0.1, 0.15) is 84.7 Å². The topological polar surface area (TPSA) is 32.7 Å². The van der Waals surface area contributed by atoms with Gasteiger partial charge in [-0.2, -0.15) is 13.2 Å². The van der Waals surface area contributed by atoms with Gasteiger partial charge in [-0.15, -0.1) is 0 Å². The molecule has 33 heavy (non-hydrogen) atoms. The number of hydrogen-bond acceptors (Lipinski definition) is 2. The standard InChI is InChI=1S/C20H27FN2O.C6H11F3/c1-5-10-18(24)19(14(3)6-2)22-20-16(21)13-17(23(20)4)15-11-8-7-9-12-15;1-3-5(4-2)6(7,8)9/h7-9,11-12,16-17H,5-6,10,13H2,1-4H3;5H,3-4H2,1-2H3. The molecule has 1 aromatic rings. The highest BCUT2D eigenvalue weighted by atomic mass is 19.4. The Kier molecular flexibility index (Phi) is 11.8. The number of ketones is 1. The van der Waals surface area contributed by atoms with Gasteiger partial charge in [0.25, 0.3) is 0 Å². The van der Waals surface area contributed by atoms with E-state index in [9.17, 15) is 22.4 Å². The van der Waals surface area contributed by atoms with Crippen LogP contribution >= 0.6 is 0 Å². The van der Waals surface area contributed by atoms with Crippen molar-refractivity contribution in [3.05, 3.63) is 47.2 Å². The first-order chi connectivity index (χ1) is 15.5. The maximum atomic E-state index is 14.6. The lowest BCUT2D eigenvalue weighted by molar-refractivity contribution is -0.175. The lowest BCUT2D eigenvalue weighted by Gasteiger charge is -2.22. The monoisotopic (exact) mass is 470 g/mol. The zero-order valence-electron chi connectivity index (χ0n) is 20.7. The van der Waals surface area contributed by atoms with Crippen molar-refractivity contribution in [1.82, 2.24) is 4.90 Å². The SMILES string of the molecule is CCC(CC)C(F)(F)F.CCCC(=O)C(N=C1C(F)CC(c2ccccc2)N1C)=C(C)CC. The summed E-state index contributed by atoms with van der Waals surface area (Å²) in [6.45, 7) is 8.98. The molecule has 2 rings (SSSR count). The number of Topliss-reactive ketones (excluding diaryl/α,β-unsaturated/α-hetero) is 1. The van der Waals surface area contributed by atoms with Crippen molar-refractivity contribution in [3.63, 3.8) is 0 Å². The minimum absolute atomic E-state index is 0.00751. The van der Waals surface area contributed by atoms with Crippen LogP contribution in [0.5, 0.6) is 0 Å². The minimum Gasteiger partial charge on any atom is -0.353 e. The van der Waals surface area contributed by atoms with E-state index in [2.05, 4.69) is 4.99 Å². The first-order valence-electron chi connectivity index (χ1n) is 11.8. The largest absolute Gasteiger partial charge is 0.391 e. The number of carbonyl (C=O) groups excluding carboxylic acids is 1. The van der Waals surface area contributed by atoms with Gasteiger partial charge in [0.05, 0.1) is 12.0 Å². The van der Waals surface area contributed by atoms with Crippen LogP contribution in [-0.2, 0) is 4.79 Å². The van der Waals surface area contributed by atoms with E-state index >= 15 is 0 Å². The highest BCUT2D eigenvalue weighted by molar-refractivity contribution is 6.00. The molecule has 7 heteroatoms. The Bertz CT molecular complexity index is 798. The summed E-state index contributed by atoms with van der Waals surface area (Å²) in [5, 5.41) is 0. The second-order valence-electron chi connectivity index (χ2n) is 8.42. The average molecular weight is 471 g/mol. The van der Waals surface area contributed by atoms with E-state index in [4.69, 9.17) is 0 Å². The Balaban J connectivity index is 0.000000513. The summed E-state index contributed by atoms with van der Waals surface area (Å²) in [6, 6.07) is 9.85. The average Bonchev–Trinajstić information content (AvgIpc) is 3.06. The van der Waals surface area contributed by atoms with Crippen molar-refractivity contribution in [3.8, 4) is 0 Å². The summed E-state index contributed by atoms with van der Waals surface area (Å²) in [5.41, 5.74) is 2.44. The van der Waals surface area contributed by atoms with Crippen LogP contribution < -0.4 is 0 Å². The van der Waals surface area contributed by atoms with Crippen LogP contribution in [-0.4, -0.2) is 35.9 Å². The number of alkyl halides is 4. The fourth-order valence-electron chi connectivity index (χ4n) is 3.80. The predicted octanol–water partition coefficient (Wildman–Crippen LogP) is 7.84. The van der Waals surface area contributed by atoms with Gasteiger partial charge < -0.3 is 4.90 Å². The summed E-state index contributed by atoms with van der Waals surface area (Å²) in [4.78, 5) is 18.8. The number of carbonyl (C=O) groups is 1. The van der Waals surface area contributed by atoms with E-state index in [0.717, 1.165) is 24.0 Å². The molecular formula is C26H38F4N2O. The third kappa shape index (κ3) is 8.27. The molecule has 1 aliphatic rings. The number of allylic oxidation sites excluding steroid dienone is 2. The Morgan fingerprint density at radius 2 is 1.70 bits per heavy atom. The summed E-state index contributed by atoms with van der Waals surface area (Å²) < 4.78 is 49.8. The second-order valence-corrected chi connectivity index (χ2v) is 8.42. The van der Waals surface area contributed by atoms with Crippen LogP contribution in [0.2, 0.25) is 0 Å². The molecule has 0 aliphatic carbocycles. The summed E-state index contributed by atoms with van der Waals surface area (Å²) in [6.07, 6.45) is -2.40. The van der Waals surface area contributed by atoms with E-state index < -0.39 is 18.3 Å². The van der Waals surface area contributed by atoms with Gasteiger partial charge in [0.2, 0.25) is 0 Å². The van der Waals surface area contributed by atoms with Crippen LogP contribution in [0.25, 0.3) is 0 Å². The Morgan fingerprint density at radius 3 is 2.12 bits per heavy atom. The molecule has 1 heterocycles. The van der Waals surface area contributed by atoms with Gasteiger partial charge in [-0.1, -0.05) is 58.0 Å². The first-order valence-corrected chi connectivity index (χ1v) is 11.8. The number of amidine groups is 1. The number of benzene rings is 1. The summed E-state index contributed by atoms with van der Waals surface area (Å²) in [7, 11) is 1.86. The Morgan fingerprint density at radius 1 is 1.12 bits per heavy atom. The molecule has 1 saturated heterocycles. The fraction of sp³-hybridized carbons (Fsp3) is 0.615. The molecular weight excluding hydrogens is 432 g/mol. The van der Waals surface area contributed by atoms with E-state index in [1.54, 1.807) is 13.8 Å². The van der Waals surface area contributed by atoms with E-state index in [1.165, 1.54) is 0 Å². The van der Waals surface area contributed by atoms with Gasteiger partial charge in [0, 0.05) is 19.9 Å². The molecule has 1 aromatic carbocycles. The quantitative estimate of drug-likeness (QED) is 0.286. The molecule has 0 amide bonds. The molecule has 2 atom stereocenters. The molecule has 0 spiro atoms. The molecule has 186 valence electrons. The van der Waals surface area contributed by atoms with Crippen LogP contribution in [0.3, 0.4) is 0 Å². The number of halogens is 4. The first kappa shape index (κ1) is 28.9. The number of hydrogen-bond donors (Lipinski definition) is 0. The molecule has 0 saturated carbocycles. The van der Waals surface area contributed by atoms with Gasteiger partial charge in [0.1, 0.15) is 11.5 Å². The van der Waals surface area contributed by atoms with Crippen molar-refractivity contribution in [2.24, 2.45) is 10.9 Å². The number of likely N-dealkylation sites (tertiary alicyclic amines) is 1. The second kappa shape index (κ2) is 13.5. The lowest BCUT2D eigenvalue weighted by atomic mass is 10.0. The van der Waals surface area contributed by atoms with Gasteiger partial charge in [0.15, 0.2) is 12.0 Å². The van der Waals surface area contributed by atoms with Crippen molar-refractivity contribution >= 4 is 11.6 Å². The van der Waals surface area contributed by atoms with Gasteiger partial charge in [-0.05, 0) is 43.7 Å². The van der Waals surface area contributed by atoms with Crippen LogP contribution in [0.4, 0.5) is 17.6 Å². The highest BCUT2D eigenvalue weighted by Crippen LogP contribution is 2.34. The molecule has 2 unspecified atom stereocenters. The third-order valence-electron chi connectivity index (χ3n) is 6.07. The highest BCUT2D eigenvalue weighted by Gasteiger charge is 2.37. The van der Waals surface area contributed by atoms with E-state index in [-0.39, 0.29) is 24.7 Å². The molecule has 1 fully saturated rings. The summed E-state index contributed by atoms with van der Waals surface area (Å²) in [5.74, 6) is -0.721. The number of nitrogens with zero attached hydrogens (tertiary/aromatic N) is 2. The number of aliphatic imine (C=N–C) groups is 1. The van der Waals surface area contributed by atoms with Gasteiger partial charge in [-0.25, -0.2) is 9.38 Å². The zero-order valence-corrected chi connectivity index (χ0v) is 20.7. The maximum absolute atomic E-state index is 14.6. The third-order valence-corrected chi connectivity index (χ3v) is 6.07. The molecule has 0 bridgehead atoms. The number of rotatable bonds is 8. The van der Waals surface area contributed by atoms with Crippen LogP contribution in [0.15, 0.2) is 46.6 Å².